The fourth-order valence-electron chi connectivity index (χ4n) is 3.59. The van der Waals surface area contributed by atoms with E-state index in [9.17, 15) is 22.9 Å². The second-order valence-corrected chi connectivity index (χ2v) is 10.1. The van der Waals surface area contributed by atoms with Crippen molar-refractivity contribution in [3.63, 3.8) is 0 Å². The summed E-state index contributed by atoms with van der Waals surface area (Å²) in [6.07, 6.45) is 0. The molecule has 4 rings (SSSR count). The molecule has 9 nitrogen and oxygen atoms in total. The van der Waals surface area contributed by atoms with Crippen molar-refractivity contribution >= 4 is 67.1 Å². The fraction of sp³-hybridized carbons (Fsp3) is 0.0800. The van der Waals surface area contributed by atoms with E-state index in [1.165, 1.54) is 25.3 Å². The zero-order valence-corrected chi connectivity index (χ0v) is 24.6. The van der Waals surface area contributed by atoms with Gasteiger partial charge in [-0.15, -0.1) is 0 Å². The first kappa shape index (κ1) is 29.9. The number of halogens is 2. The summed E-state index contributed by atoms with van der Waals surface area (Å²) in [5.41, 5.74) is 0.482. The van der Waals surface area contributed by atoms with Crippen LogP contribution in [0, 0.1) is 6.92 Å². The van der Waals surface area contributed by atoms with Crippen LogP contribution in [0.25, 0.3) is 10.8 Å². The van der Waals surface area contributed by atoms with Gasteiger partial charge in [-0.1, -0.05) is 53.2 Å². The number of carbonyl (C=O) groups is 1. The number of azo groups is 1. The Labute approximate surface area is 250 Å². The molecule has 190 valence electrons. The number of aryl methyl sites for hydroxylation is 1. The van der Waals surface area contributed by atoms with Crippen molar-refractivity contribution in [1.29, 1.82) is 0 Å². The Balaban J connectivity index is 0.00000400. The Bertz CT molecular complexity index is 1700. The number of fused-ring (bicyclic) bond motifs is 1. The van der Waals surface area contributed by atoms with Gasteiger partial charge in [0.25, 0.3) is 16.0 Å². The summed E-state index contributed by atoms with van der Waals surface area (Å²) in [7, 11) is -3.20. The number of methoxy groups -OCH3 is 1. The van der Waals surface area contributed by atoms with Crippen LogP contribution in [0.2, 0.25) is 10.0 Å². The van der Waals surface area contributed by atoms with Gasteiger partial charge in [0.1, 0.15) is 10.6 Å². The summed E-state index contributed by atoms with van der Waals surface area (Å²) >= 11 is 11.9. The molecule has 0 saturated carbocycles. The maximum absolute atomic E-state index is 13.4. The number of benzene rings is 4. The van der Waals surface area contributed by atoms with Gasteiger partial charge in [0.2, 0.25) is 0 Å². The van der Waals surface area contributed by atoms with Crippen molar-refractivity contribution in [2.45, 2.75) is 11.8 Å². The van der Waals surface area contributed by atoms with E-state index < -0.39 is 26.7 Å². The molecule has 0 heterocycles. The van der Waals surface area contributed by atoms with Gasteiger partial charge in [-0.3, -0.25) is 9.35 Å². The van der Waals surface area contributed by atoms with Gasteiger partial charge >= 0.3 is 29.6 Å². The maximum atomic E-state index is 13.4. The molecule has 0 saturated heterocycles. The van der Waals surface area contributed by atoms with Crippen LogP contribution in [-0.4, -0.2) is 26.0 Å². The van der Waals surface area contributed by atoms with Gasteiger partial charge in [0, 0.05) is 22.0 Å². The van der Waals surface area contributed by atoms with Gasteiger partial charge in [0.05, 0.1) is 29.2 Å². The molecule has 13 heteroatoms. The predicted octanol–water partition coefficient (Wildman–Crippen LogP) is 3.46. The van der Waals surface area contributed by atoms with Crippen molar-refractivity contribution in [3.05, 3.63) is 81.8 Å². The predicted molar refractivity (Wildman–Crippen MR) is 140 cm³/mol. The first-order valence-corrected chi connectivity index (χ1v) is 12.8. The standard InChI is InChI=1S/C25H19Cl2N3O6S.Na/c1-13-9-18(27)22(37(33,34)35)12-20(13)29-30-23-16-6-4-3-5-14(16)10-17(24(23)31)25(32)28-19-8-7-15(26)11-21(19)36-2;/h3-12,31H,1-2H3,(H,28,32)(H,33,34,35);/q;+1/p-1. The minimum atomic E-state index is -4.62. The molecule has 1 amide bonds. The largest absolute Gasteiger partial charge is 1.00 e. The quantitative estimate of drug-likeness (QED) is 0.203. The van der Waals surface area contributed by atoms with Crippen molar-refractivity contribution < 1.29 is 57.2 Å². The van der Waals surface area contributed by atoms with E-state index in [0.29, 0.717) is 32.8 Å². The van der Waals surface area contributed by atoms with Crippen LogP contribution in [0.5, 0.6) is 11.5 Å². The first-order chi connectivity index (χ1) is 17.5. The van der Waals surface area contributed by atoms with Crippen LogP contribution < -0.4 is 44.7 Å². The van der Waals surface area contributed by atoms with E-state index in [4.69, 9.17) is 27.9 Å². The van der Waals surface area contributed by atoms with Gasteiger partial charge in [-0.25, -0.2) is 0 Å². The Hall–Kier alpha value is -2.70. The van der Waals surface area contributed by atoms with Crippen LogP contribution in [0.4, 0.5) is 17.1 Å². The second kappa shape index (κ2) is 12.0. The zero-order valence-electron chi connectivity index (χ0n) is 20.3. The van der Waals surface area contributed by atoms with Crippen molar-refractivity contribution in [3.8, 4) is 11.5 Å². The number of amides is 1. The van der Waals surface area contributed by atoms with E-state index in [2.05, 4.69) is 15.5 Å². The number of nitrogens with zero attached hydrogens (tertiary/aromatic N) is 2. The van der Waals surface area contributed by atoms with Crippen molar-refractivity contribution in [2.75, 3.05) is 12.4 Å². The maximum Gasteiger partial charge on any atom is 1.00 e. The minimum absolute atomic E-state index is 0. The topological polar surface area (TPSA) is 140 Å². The molecule has 0 radical (unpaired) electrons. The van der Waals surface area contributed by atoms with Gasteiger partial charge < -0.3 is 15.2 Å². The smallest absolute Gasteiger partial charge is 0.870 e. The summed E-state index contributed by atoms with van der Waals surface area (Å²) in [4.78, 5) is 12.6. The van der Waals surface area contributed by atoms with E-state index in [1.54, 1.807) is 43.3 Å². The molecule has 2 N–H and O–H groups in total. The summed E-state index contributed by atoms with van der Waals surface area (Å²) in [5, 5.41) is 25.4. The first-order valence-electron chi connectivity index (χ1n) is 10.6. The molecular formula is C25H18Cl2N3NaO6S. The van der Waals surface area contributed by atoms with Crippen LogP contribution in [-0.2, 0) is 10.1 Å². The summed E-state index contributed by atoms with van der Waals surface area (Å²) < 4.78 is 38.0. The Morgan fingerprint density at radius 2 is 1.76 bits per heavy atom. The SMILES string of the molecule is COc1cc(Cl)ccc1NC(=O)c1cc2ccccc2c(N=Nc2cc(S(=O)(=O)O)c(Cl)cc2C)c1[O-].[Na+]. The summed E-state index contributed by atoms with van der Waals surface area (Å²) in [5.74, 6) is -1.10. The monoisotopic (exact) mass is 581 g/mol. The molecule has 0 aliphatic heterocycles. The van der Waals surface area contributed by atoms with Crippen molar-refractivity contribution in [1.82, 2.24) is 0 Å². The van der Waals surface area contributed by atoms with Gasteiger partial charge in [-0.05, 0) is 48.2 Å². The molecule has 0 fully saturated rings. The molecule has 0 aliphatic rings. The number of anilines is 1. The van der Waals surface area contributed by atoms with Crippen LogP contribution >= 0.6 is 23.2 Å². The van der Waals surface area contributed by atoms with E-state index in [1.807, 2.05) is 0 Å². The second-order valence-electron chi connectivity index (χ2n) is 7.87. The molecular weight excluding hydrogens is 564 g/mol. The number of carbonyl (C=O) groups excluding carboxylic acids is 1. The molecule has 0 aliphatic carbocycles. The number of hydrogen-bond acceptors (Lipinski definition) is 7. The number of rotatable bonds is 6. The Kier molecular flexibility index (Phi) is 9.43. The van der Waals surface area contributed by atoms with Crippen LogP contribution in [0.1, 0.15) is 15.9 Å². The van der Waals surface area contributed by atoms with Gasteiger partial charge in [-0.2, -0.15) is 18.6 Å². The molecule has 0 unspecified atom stereocenters. The van der Waals surface area contributed by atoms with E-state index in [-0.39, 0.29) is 51.5 Å². The molecule has 38 heavy (non-hydrogen) atoms. The summed E-state index contributed by atoms with van der Waals surface area (Å²) in [6, 6.07) is 15.2. The normalized spacial score (nSPS) is 11.4. The Morgan fingerprint density at radius 1 is 1.05 bits per heavy atom. The third kappa shape index (κ3) is 6.29. The molecule has 0 spiro atoms. The third-order valence-corrected chi connectivity index (χ3v) is 6.97. The third-order valence-electron chi connectivity index (χ3n) is 5.42. The number of ether oxygens (including phenoxy) is 1. The molecule has 4 aromatic rings. The van der Waals surface area contributed by atoms with Gasteiger partial charge in [0.15, 0.2) is 0 Å². The minimum Gasteiger partial charge on any atom is -0.870 e. The molecule has 0 atom stereocenters. The molecule has 4 aromatic carbocycles. The van der Waals surface area contributed by atoms with Crippen molar-refractivity contribution in [2.24, 2.45) is 10.2 Å². The number of hydrogen-bond donors (Lipinski definition) is 2. The molecule has 0 bridgehead atoms. The van der Waals surface area contributed by atoms with E-state index >= 15 is 0 Å². The molecule has 0 aromatic heterocycles. The van der Waals surface area contributed by atoms with Crippen LogP contribution in [0.15, 0.2) is 75.8 Å². The van der Waals surface area contributed by atoms with Crippen LogP contribution in [0.3, 0.4) is 0 Å². The number of nitrogens with one attached hydrogen (secondary N) is 1. The Morgan fingerprint density at radius 3 is 2.45 bits per heavy atom. The summed E-state index contributed by atoms with van der Waals surface area (Å²) in [6.45, 7) is 1.60. The van der Waals surface area contributed by atoms with E-state index in [0.717, 1.165) is 6.07 Å². The zero-order chi connectivity index (χ0) is 26.9. The average Bonchev–Trinajstić information content (AvgIpc) is 2.84. The average molecular weight is 582 g/mol. The fourth-order valence-corrected chi connectivity index (χ4v) is 4.83.